The molecule has 6 nitrogen and oxygen atoms in total. The van der Waals surface area contributed by atoms with E-state index in [0.29, 0.717) is 22.9 Å². The van der Waals surface area contributed by atoms with E-state index in [2.05, 4.69) is 15.6 Å². The fourth-order valence-electron chi connectivity index (χ4n) is 3.35. The molecule has 0 aliphatic heterocycles. The van der Waals surface area contributed by atoms with E-state index in [1.807, 2.05) is 6.07 Å². The molecule has 2 N–H and O–H groups in total. The predicted octanol–water partition coefficient (Wildman–Crippen LogP) is 4.26. The smallest absolute Gasteiger partial charge is 0.337 e. The van der Waals surface area contributed by atoms with Crippen molar-refractivity contribution in [1.29, 1.82) is 0 Å². The Labute approximate surface area is 159 Å². The number of nitrogens with zero attached hydrogens (tertiary/aromatic N) is 1. The van der Waals surface area contributed by atoms with Crippen LogP contribution < -0.4 is 10.6 Å². The van der Waals surface area contributed by atoms with E-state index in [9.17, 15) is 9.59 Å². The summed E-state index contributed by atoms with van der Waals surface area (Å²) in [4.78, 5) is 28.4. The third kappa shape index (κ3) is 5.29. The van der Waals surface area contributed by atoms with Crippen molar-refractivity contribution < 1.29 is 14.3 Å². The topological polar surface area (TPSA) is 80.3 Å². The molecule has 1 amide bonds. The number of aromatic nitrogens is 1. The second-order valence-electron chi connectivity index (χ2n) is 6.82. The normalized spacial score (nSPS) is 14.9. The van der Waals surface area contributed by atoms with Crippen molar-refractivity contribution in [3.8, 4) is 0 Å². The summed E-state index contributed by atoms with van der Waals surface area (Å²) in [7, 11) is 1.33. The highest BCUT2D eigenvalue weighted by Crippen LogP contribution is 2.21. The van der Waals surface area contributed by atoms with Crippen molar-refractivity contribution in [3.05, 3.63) is 53.9 Å². The first-order valence-electron chi connectivity index (χ1n) is 9.37. The summed E-state index contributed by atoms with van der Waals surface area (Å²) in [6.45, 7) is 0. The fraction of sp³-hybridized carbons (Fsp3) is 0.381. The zero-order valence-corrected chi connectivity index (χ0v) is 15.5. The summed E-state index contributed by atoms with van der Waals surface area (Å²) < 4.78 is 4.71. The third-order valence-electron chi connectivity index (χ3n) is 4.77. The largest absolute Gasteiger partial charge is 0.465 e. The first-order chi connectivity index (χ1) is 13.2. The van der Waals surface area contributed by atoms with Crippen LogP contribution in [-0.2, 0) is 4.74 Å². The number of esters is 1. The van der Waals surface area contributed by atoms with Crippen molar-refractivity contribution >= 4 is 23.3 Å². The molecule has 1 heterocycles. The number of hydrogen-bond acceptors (Lipinski definition) is 5. The zero-order valence-electron chi connectivity index (χ0n) is 15.5. The number of hydrogen-bond donors (Lipinski definition) is 2. The minimum absolute atomic E-state index is 0.269. The minimum atomic E-state index is -0.442. The van der Waals surface area contributed by atoms with Gasteiger partial charge in [-0.05, 0) is 37.1 Å². The van der Waals surface area contributed by atoms with E-state index >= 15 is 0 Å². The van der Waals surface area contributed by atoms with Crippen LogP contribution in [0.2, 0.25) is 0 Å². The van der Waals surface area contributed by atoms with Crippen LogP contribution in [0.15, 0.2) is 42.7 Å². The molecular formula is C21H25N3O3. The lowest BCUT2D eigenvalue weighted by molar-refractivity contribution is 0.0600. The van der Waals surface area contributed by atoms with Gasteiger partial charge in [-0.1, -0.05) is 31.7 Å². The highest BCUT2D eigenvalue weighted by molar-refractivity contribution is 6.05. The third-order valence-corrected chi connectivity index (χ3v) is 4.77. The Hall–Kier alpha value is -2.89. The van der Waals surface area contributed by atoms with Gasteiger partial charge in [0, 0.05) is 24.1 Å². The number of anilines is 2. The maximum atomic E-state index is 12.6. The summed E-state index contributed by atoms with van der Waals surface area (Å²) in [5.74, 6) is -0.712. The molecule has 142 valence electrons. The van der Waals surface area contributed by atoms with Crippen molar-refractivity contribution in [2.45, 2.75) is 44.6 Å². The van der Waals surface area contributed by atoms with Gasteiger partial charge in [-0.3, -0.25) is 9.78 Å². The van der Waals surface area contributed by atoms with E-state index in [0.717, 1.165) is 18.5 Å². The second-order valence-corrected chi connectivity index (χ2v) is 6.82. The first kappa shape index (κ1) is 18.9. The Bertz CT molecular complexity index is 799. The number of carbonyl (C=O) groups excluding carboxylic acids is 2. The molecule has 0 saturated heterocycles. The van der Waals surface area contributed by atoms with Crippen molar-refractivity contribution in [3.63, 3.8) is 0 Å². The molecule has 1 aliphatic rings. The number of carbonyl (C=O) groups is 2. The Balaban J connectivity index is 1.67. The molecule has 0 atom stereocenters. The lowest BCUT2D eigenvalue weighted by atomic mass is 10.1. The SMILES string of the molecule is COC(=O)c1cccc(NC(=O)c2cncc(NC3CCCCCC3)c2)c1. The first-order valence-corrected chi connectivity index (χ1v) is 9.37. The highest BCUT2D eigenvalue weighted by atomic mass is 16.5. The molecule has 1 aliphatic carbocycles. The van der Waals surface area contributed by atoms with Gasteiger partial charge in [-0.25, -0.2) is 4.79 Å². The van der Waals surface area contributed by atoms with E-state index in [1.54, 1.807) is 30.5 Å². The lowest BCUT2D eigenvalue weighted by Gasteiger charge is -2.17. The van der Waals surface area contributed by atoms with Gasteiger partial charge in [0.25, 0.3) is 5.91 Å². The summed E-state index contributed by atoms with van der Waals surface area (Å²) in [6.07, 6.45) is 10.7. The Morgan fingerprint density at radius 1 is 1.00 bits per heavy atom. The number of amides is 1. The van der Waals surface area contributed by atoms with Gasteiger partial charge in [-0.15, -0.1) is 0 Å². The second kappa shape index (κ2) is 9.16. The Kier molecular flexibility index (Phi) is 6.41. The van der Waals surface area contributed by atoms with E-state index in [1.165, 1.54) is 39.0 Å². The summed E-state index contributed by atoms with van der Waals surface area (Å²) in [5, 5.41) is 6.31. The molecule has 0 bridgehead atoms. The maximum Gasteiger partial charge on any atom is 0.337 e. The maximum absolute atomic E-state index is 12.6. The van der Waals surface area contributed by atoms with Gasteiger partial charge in [0.05, 0.1) is 23.9 Å². The number of benzene rings is 1. The molecule has 27 heavy (non-hydrogen) atoms. The lowest BCUT2D eigenvalue weighted by Crippen LogP contribution is -2.19. The summed E-state index contributed by atoms with van der Waals surface area (Å²) >= 11 is 0. The quantitative estimate of drug-likeness (QED) is 0.610. The summed E-state index contributed by atoms with van der Waals surface area (Å²) in [5.41, 5.74) is 2.25. The number of rotatable bonds is 5. The van der Waals surface area contributed by atoms with Crippen LogP contribution >= 0.6 is 0 Å². The van der Waals surface area contributed by atoms with E-state index in [-0.39, 0.29) is 5.91 Å². The van der Waals surface area contributed by atoms with Gasteiger partial charge < -0.3 is 15.4 Å². The van der Waals surface area contributed by atoms with Crippen LogP contribution in [0.25, 0.3) is 0 Å². The molecule has 1 fully saturated rings. The van der Waals surface area contributed by atoms with E-state index < -0.39 is 5.97 Å². The summed E-state index contributed by atoms with van der Waals surface area (Å²) in [6, 6.07) is 8.90. The van der Waals surface area contributed by atoms with Crippen LogP contribution in [0.3, 0.4) is 0 Å². The van der Waals surface area contributed by atoms with Crippen LogP contribution in [0.1, 0.15) is 59.2 Å². The van der Waals surface area contributed by atoms with Crippen LogP contribution in [-0.4, -0.2) is 30.0 Å². The average molecular weight is 367 g/mol. The standard InChI is InChI=1S/C21H25N3O3/c1-27-21(26)15-7-6-10-18(11-15)24-20(25)16-12-19(14-22-13-16)23-17-8-4-2-3-5-9-17/h6-7,10-14,17,23H,2-5,8-9H2,1H3,(H,24,25). The Morgan fingerprint density at radius 2 is 1.74 bits per heavy atom. The van der Waals surface area contributed by atoms with Crippen LogP contribution in [0, 0.1) is 0 Å². The van der Waals surface area contributed by atoms with Gasteiger partial charge >= 0.3 is 5.97 Å². The number of pyridine rings is 1. The number of nitrogens with one attached hydrogen (secondary N) is 2. The molecule has 0 spiro atoms. The van der Waals surface area contributed by atoms with Crippen molar-refractivity contribution in [2.24, 2.45) is 0 Å². The van der Waals surface area contributed by atoms with Gasteiger partial charge in [-0.2, -0.15) is 0 Å². The molecule has 2 aromatic rings. The molecule has 1 saturated carbocycles. The Morgan fingerprint density at radius 3 is 2.48 bits per heavy atom. The highest BCUT2D eigenvalue weighted by Gasteiger charge is 2.14. The van der Waals surface area contributed by atoms with Crippen molar-refractivity contribution in [1.82, 2.24) is 4.98 Å². The molecule has 0 radical (unpaired) electrons. The number of methoxy groups -OCH3 is 1. The molecule has 3 rings (SSSR count). The van der Waals surface area contributed by atoms with Gasteiger partial charge in [0.1, 0.15) is 0 Å². The molecule has 0 unspecified atom stereocenters. The minimum Gasteiger partial charge on any atom is -0.465 e. The molecule has 6 heteroatoms. The van der Waals surface area contributed by atoms with E-state index in [4.69, 9.17) is 4.74 Å². The molecule has 1 aromatic heterocycles. The predicted molar refractivity (Wildman–Crippen MR) is 105 cm³/mol. The van der Waals surface area contributed by atoms with Crippen LogP contribution in [0.5, 0.6) is 0 Å². The molecular weight excluding hydrogens is 342 g/mol. The van der Waals surface area contributed by atoms with Crippen molar-refractivity contribution in [2.75, 3.05) is 17.7 Å². The molecule has 1 aromatic carbocycles. The van der Waals surface area contributed by atoms with Gasteiger partial charge in [0.15, 0.2) is 0 Å². The van der Waals surface area contributed by atoms with Crippen LogP contribution in [0.4, 0.5) is 11.4 Å². The number of ether oxygens (including phenoxy) is 1. The monoisotopic (exact) mass is 367 g/mol. The average Bonchev–Trinajstić information content (AvgIpc) is 2.96. The fourth-order valence-corrected chi connectivity index (χ4v) is 3.35. The van der Waals surface area contributed by atoms with Gasteiger partial charge in [0.2, 0.25) is 0 Å². The zero-order chi connectivity index (χ0) is 19.1.